The molecule has 2 aromatic heterocycles. The highest BCUT2D eigenvalue weighted by atomic mass is 16.5. The molecule has 6 saturated heterocycles. The zero-order chi connectivity index (χ0) is 47.9. The summed E-state index contributed by atoms with van der Waals surface area (Å²) in [5.74, 6) is 0.921. The molecule has 0 bridgehead atoms. The van der Waals surface area contributed by atoms with E-state index in [2.05, 4.69) is 78.9 Å². The lowest BCUT2D eigenvalue weighted by Crippen LogP contribution is -2.65. The third-order valence-electron chi connectivity index (χ3n) is 16.7. The van der Waals surface area contributed by atoms with Crippen LogP contribution in [0.1, 0.15) is 116 Å². The summed E-state index contributed by atoms with van der Waals surface area (Å²) in [6.45, 7) is 13.5. The van der Waals surface area contributed by atoms with Crippen molar-refractivity contribution >= 4 is 23.8 Å². The van der Waals surface area contributed by atoms with Gasteiger partial charge in [-0.2, -0.15) is 0 Å². The SMILES string of the molecule is COC(=O)N[C@H](C(=O)C1(C)[C@@H](c2ncc(-c3ccc(-c4ccc(-c5cnc([C@H]6C[C@@H]7CN7C6(C)C(=O)[C@@H](NC(=O)OC)[C@@]6(C)CCC[C@@H](C)O6)[nH]5)cc4)cc3)[nH]2)C[C@@H]2CN21)[C@@]1(C)CCC[C@@H](C)O1. The number of carbonyl (C=O) groups is 4. The Bertz CT molecular complexity index is 2400. The number of aromatic amines is 2. The van der Waals surface area contributed by atoms with Gasteiger partial charge < -0.3 is 39.5 Å². The third-order valence-corrected chi connectivity index (χ3v) is 16.7. The summed E-state index contributed by atoms with van der Waals surface area (Å²) in [6, 6.07) is 15.5. The first kappa shape index (κ1) is 46.3. The topological polar surface area (TPSA) is 193 Å². The number of ketones is 2. The first-order valence-corrected chi connectivity index (χ1v) is 24.5. The number of fused-ring (bicyclic) bond motifs is 2. The Morgan fingerprint density at radius 1 is 0.632 bits per heavy atom. The number of benzene rings is 2. The van der Waals surface area contributed by atoms with Crippen molar-refractivity contribution in [2.24, 2.45) is 0 Å². The fourth-order valence-corrected chi connectivity index (χ4v) is 12.7. The van der Waals surface area contributed by atoms with Gasteiger partial charge >= 0.3 is 12.2 Å². The number of aromatic nitrogens is 4. The van der Waals surface area contributed by atoms with Crippen molar-refractivity contribution in [1.29, 1.82) is 0 Å². The van der Waals surface area contributed by atoms with E-state index in [0.29, 0.717) is 12.8 Å². The van der Waals surface area contributed by atoms with Gasteiger partial charge in [0.05, 0.1) is 72.5 Å². The minimum Gasteiger partial charge on any atom is -0.453 e. The number of rotatable bonds is 13. The zero-order valence-corrected chi connectivity index (χ0v) is 40.5. The molecule has 14 atom stereocenters. The molecule has 0 radical (unpaired) electrons. The highest BCUT2D eigenvalue weighted by Gasteiger charge is 2.67. The molecule has 4 aromatic rings. The molecule has 4 unspecified atom stereocenters. The summed E-state index contributed by atoms with van der Waals surface area (Å²) in [4.78, 5) is 76.5. The molecule has 362 valence electrons. The third kappa shape index (κ3) is 7.94. The minimum absolute atomic E-state index is 0.0298. The molecule has 0 spiro atoms. The number of imidazole rings is 2. The lowest BCUT2D eigenvalue weighted by molar-refractivity contribution is -0.155. The van der Waals surface area contributed by atoms with Crippen LogP contribution in [0.3, 0.4) is 0 Å². The van der Waals surface area contributed by atoms with Gasteiger partial charge in [-0.1, -0.05) is 48.5 Å². The summed E-state index contributed by atoms with van der Waals surface area (Å²) in [7, 11) is 2.63. The van der Waals surface area contributed by atoms with E-state index in [4.69, 9.17) is 28.9 Å². The first-order valence-electron chi connectivity index (χ1n) is 24.5. The van der Waals surface area contributed by atoms with Gasteiger partial charge in [0.1, 0.15) is 23.7 Å². The van der Waals surface area contributed by atoms with Crippen molar-refractivity contribution in [3.05, 3.63) is 72.6 Å². The molecule has 10 rings (SSSR count). The van der Waals surface area contributed by atoms with E-state index in [9.17, 15) is 19.2 Å². The number of carbonyl (C=O) groups excluding carboxylic acids is 4. The Balaban J connectivity index is 0.833. The van der Waals surface area contributed by atoms with Gasteiger partial charge in [0.2, 0.25) is 0 Å². The molecule has 8 heterocycles. The van der Waals surface area contributed by atoms with Gasteiger partial charge in [-0.3, -0.25) is 19.4 Å². The number of amides is 2. The lowest BCUT2D eigenvalue weighted by Gasteiger charge is -2.45. The van der Waals surface area contributed by atoms with Gasteiger partial charge in [0.25, 0.3) is 0 Å². The van der Waals surface area contributed by atoms with Crippen LogP contribution in [0, 0.1) is 0 Å². The maximum atomic E-state index is 14.9. The van der Waals surface area contributed by atoms with E-state index < -0.39 is 46.6 Å². The molecule has 0 saturated carbocycles. The van der Waals surface area contributed by atoms with Crippen molar-refractivity contribution in [2.45, 2.75) is 163 Å². The van der Waals surface area contributed by atoms with Gasteiger partial charge in [-0.15, -0.1) is 0 Å². The monoisotopic (exact) mass is 931 g/mol. The first-order chi connectivity index (χ1) is 32.5. The van der Waals surface area contributed by atoms with E-state index in [1.807, 2.05) is 53.9 Å². The summed E-state index contributed by atoms with van der Waals surface area (Å²) in [6.07, 6.45) is 8.81. The van der Waals surface area contributed by atoms with Crippen molar-refractivity contribution in [3.8, 4) is 33.6 Å². The number of alkyl carbamates (subject to hydrolysis) is 2. The van der Waals surface area contributed by atoms with Gasteiger partial charge in [0, 0.05) is 37.0 Å². The molecule has 6 aliphatic rings. The Kier molecular flexibility index (Phi) is 11.7. The molecule has 4 N–H and O–H groups in total. The Labute approximate surface area is 398 Å². The lowest BCUT2D eigenvalue weighted by atomic mass is 9.73. The van der Waals surface area contributed by atoms with Crippen LogP contribution in [0.25, 0.3) is 33.6 Å². The molecule has 16 nitrogen and oxygen atoms in total. The average Bonchev–Trinajstić information content (AvgIpc) is 4.06. The normalized spacial score (nSPS) is 35.6. The number of Topliss-reactive ketones (excluding diaryl/α,β-unsaturated/α-hetero) is 2. The summed E-state index contributed by atoms with van der Waals surface area (Å²) >= 11 is 0. The van der Waals surface area contributed by atoms with Gasteiger partial charge in [0.15, 0.2) is 11.6 Å². The van der Waals surface area contributed by atoms with Crippen LogP contribution in [0.15, 0.2) is 60.9 Å². The standard InChI is InChI=1S/C52H66N8O8/c1-29-11-9-21-49(3,67-29)41(57-47(63)65-7)43(61)51(5)37(23-35-27-59(35)51)45-53-25-39(55-45)33-17-13-31(14-18-33)32-15-19-34(20-16-32)40-26-54-46(56-40)38-24-36-28-60(36)52(38,6)44(62)42(58-48(64)66-8)50(4)22-10-12-30(2)68-50/h13-20,25-26,29-30,35-38,41-42H,9-12,21-24,27-28H2,1-8H3,(H,53,55)(H,54,56)(H,57,63)(H,58,64)/t29-,30-,35-,36-,37-,38-,41-,42-,49-,50-,51?,52?,59?,60?/m1/s1. The van der Waals surface area contributed by atoms with Crippen LogP contribution in [-0.2, 0) is 28.5 Å². The number of nitrogens with zero attached hydrogens (tertiary/aromatic N) is 4. The van der Waals surface area contributed by atoms with E-state index in [0.717, 1.165) is 96.9 Å². The highest BCUT2D eigenvalue weighted by Crippen LogP contribution is 2.55. The fraction of sp³-hybridized carbons (Fsp3) is 0.577. The van der Waals surface area contributed by atoms with Gasteiger partial charge in [-0.05, 0) is 115 Å². The maximum Gasteiger partial charge on any atom is 0.407 e. The predicted molar refractivity (Wildman–Crippen MR) is 254 cm³/mol. The van der Waals surface area contributed by atoms with Crippen molar-refractivity contribution in [2.75, 3.05) is 27.3 Å². The molecule has 6 aliphatic heterocycles. The van der Waals surface area contributed by atoms with Gasteiger partial charge in [-0.25, -0.2) is 19.6 Å². The number of methoxy groups -OCH3 is 2. The molecule has 6 fully saturated rings. The number of piperidine rings is 2. The summed E-state index contributed by atoms with van der Waals surface area (Å²) < 4.78 is 22.9. The second-order valence-electron chi connectivity index (χ2n) is 21.1. The van der Waals surface area contributed by atoms with Crippen LogP contribution < -0.4 is 10.6 Å². The van der Waals surface area contributed by atoms with Crippen LogP contribution >= 0.6 is 0 Å². The van der Waals surface area contributed by atoms with E-state index in [-0.39, 0.29) is 47.7 Å². The highest BCUT2D eigenvalue weighted by molar-refractivity contribution is 5.98. The molecule has 2 aromatic carbocycles. The summed E-state index contributed by atoms with van der Waals surface area (Å²) in [5.41, 5.74) is 2.22. The second kappa shape index (κ2) is 17.2. The number of H-pyrrole nitrogens is 2. The molecule has 2 amide bonds. The molecule has 68 heavy (non-hydrogen) atoms. The maximum absolute atomic E-state index is 14.9. The molecular formula is C52H66N8O8. The predicted octanol–water partition coefficient (Wildman–Crippen LogP) is 7.28. The van der Waals surface area contributed by atoms with Crippen molar-refractivity contribution in [3.63, 3.8) is 0 Å². The Hall–Kier alpha value is -5.42. The Morgan fingerprint density at radius 3 is 1.35 bits per heavy atom. The van der Waals surface area contributed by atoms with Crippen LogP contribution in [0.2, 0.25) is 0 Å². The second-order valence-corrected chi connectivity index (χ2v) is 21.1. The smallest absolute Gasteiger partial charge is 0.407 e. The molecular weight excluding hydrogens is 865 g/mol. The number of nitrogens with one attached hydrogen (secondary N) is 4. The van der Waals surface area contributed by atoms with Crippen molar-refractivity contribution < 1.29 is 38.1 Å². The van der Waals surface area contributed by atoms with E-state index >= 15 is 0 Å². The van der Waals surface area contributed by atoms with Crippen molar-refractivity contribution in [1.82, 2.24) is 40.4 Å². The quantitative estimate of drug-likeness (QED) is 0.0982. The number of ether oxygens (including phenoxy) is 4. The Morgan fingerprint density at radius 2 is 1.00 bits per heavy atom. The average molecular weight is 931 g/mol. The molecule has 16 heteroatoms. The molecule has 0 aliphatic carbocycles. The number of hydrogen-bond acceptors (Lipinski definition) is 12. The van der Waals surface area contributed by atoms with E-state index in [1.54, 1.807) is 0 Å². The number of hydrogen-bond donors (Lipinski definition) is 4. The van der Waals surface area contributed by atoms with E-state index in [1.165, 1.54) is 14.2 Å². The van der Waals surface area contributed by atoms with Crippen LogP contribution in [-0.4, -0.2) is 139 Å². The van der Waals surface area contributed by atoms with Crippen LogP contribution in [0.4, 0.5) is 9.59 Å². The fourth-order valence-electron chi connectivity index (χ4n) is 12.7. The summed E-state index contributed by atoms with van der Waals surface area (Å²) in [5, 5.41) is 5.77. The van der Waals surface area contributed by atoms with Crippen LogP contribution in [0.5, 0.6) is 0 Å². The zero-order valence-electron chi connectivity index (χ0n) is 40.5. The minimum atomic E-state index is -0.906. The largest absolute Gasteiger partial charge is 0.453 e.